The van der Waals surface area contributed by atoms with Gasteiger partial charge in [0.15, 0.2) is 0 Å². The molecule has 1 atom stereocenters. The van der Waals surface area contributed by atoms with Gasteiger partial charge in [-0.3, -0.25) is 4.79 Å². The molecule has 0 bridgehead atoms. The van der Waals surface area contributed by atoms with Crippen LogP contribution >= 0.6 is 11.6 Å². The topological polar surface area (TPSA) is 88.2 Å². The van der Waals surface area contributed by atoms with Gasteiger partial charge in [-0.1, -0.05) is 50.8 Å². The number of fused-ring (bicyclic) bond motifs is 1. The number of carbonyl (C=O) groups is 1. The van der Waals surface area contributed by atoms with Gasteiger partial charge in [0.25, 0.3) is 0 Å². The Labute approximate surface area is 181 Å². The Balaban J connectivity index is 2.23. The number of benzene rings is 2. The maximum atomic E-state index is 11.8. The smallest absolute Gasteiger partial charge is 0.310 e. The molecule has 6 nitrogen and oxygen atoms in total. The van der Waals surface area contributed by atoms with Crippen LogP contribution in [-0.4, -0.2) is 31.2 Å². The highest BCUT2D eigenvalue weighted by Gasteiger charge is 2.26. The first kappa shape index (κ1) is 22.1. The number of nitrogens with zero attached hydrogens (tertiary/aromatic N) is 3. The zero-order valence-corrected chi connectivity index (χ0v) is 18.4. The minimum atomic E-state index is -0.895. The third-order valence-corrected chi connectivity index (χ3v) is 5.77. The molecule has 1 heterocycles. The summed E-state index contributed by atoms with van der Waals surface area (Å²) in [5.41, 5.74) is 3.94. The number of aliphatic carboxylic acids is 1. The molecule has 3 rings (SSSR count). The average Bonchev–Trinajstić information content (AvgIpc) is 3.13. The number of aromatic nitrogens is 3. The van der Waals surface area contributed by atoms with E-state index in [0.717, 1.165) is 31.2 Å². The number of carboxylic acids is 1. The summed E-state index contributed by atoms with van der Waals surface area (Å²) in [6, 6.07) is 7.08. The molecule has 0 radical (unpaired) electrons. The summed E-state index contributed by atoms with van der Waals surface area (Å²) in [5, 5.41) is 30.4. The van der Waals surface area contributed by atoms with Gasteiger partial charge in [0.2, 0.25) is 0 Å². The molecular weight excluding hydrogens is 402 g/mol. The van der Waals surface area contributed by atoms with Crippen LogP contribution < -0.4 is 0 Å². The summed E-state index contributed by atoms with van der Waals surface area (Å²) in [4.78, 5) is 13.3. The molecule has 1 aromatic heterocycles. The van der Waals surface area contributed by atoms with Gasteiger partial charge in [-0.2, -0.15) is 0 Å². The summed E-state index contributed by atoms with van der Waals surface area (Å²) < 4.78 is 0. The van der Waals surface area contributed by atoms with E-state index in [1.807, 2.05) is 13.0 Å². The molecule has 0 aliphatic rings. The summed E-state index contributed by atoms with van der Waals surface area (Å²) in [5.74, 6) is -1.49. The summed E-state index contributed by atoms with van der Waals surface area (Å²) >= 11 is 6.09. The molecule has 0 amide bonds. The second kappa shape index (κ2) is 9.47. The van der Waals surface area contributed by atoms with E-state index >= 15 is 0 Å². The van der Waals surface area contributed by atoms with Crippen LogP contribution in [-0.2, 0) is 17.6 Å². The highest BCUT2D eigenvalue weighted by molar-refractivity contribution is 6.31. The van der Waals surface area contributed by atoms with E-state index < -0.39 is 11.9 Å². The molecule has 0 fully saturated rings. The average molecular weight is 430 g/mol. The molecule has 7 heteroatoms. The van der Waals surface area contributed by atoms with Gasteiger partial charge in [0.1, 0.15) is 22.5 Å². The van der Waals surface area contributed by atoms with Crippen molar-refractivity contribution >= 4 is 28.6 Å². The summed E-state index contributed by atoms with van der Waals surface area (Å²) in [6.45, 7) is 5.76. The van der Waals surface area contributed by atoms with E-state index in [4.69, 9.17) is 11.6 Å². The van der Waals surface area contributed by atoms with Gasteiger partial charge in [0.05, 0.1) is 5.92 Å². The predicted octanol–water partition coefficient (Wildman–Crippen LogP) is 5.65. The number of halogens is 1. The molecule has 2 N–H and O–H groups in total. The van der Waals surface area contributed by atoms with E-state index in [1.54, 1.807) is 25.1 Å². The van der Waals surface area contributed by atoms with Crippen molar-refractivity contribution in [2.24, 2.45) is 0 Å². The molecule has 0 saturated heterocycles. The minimum absolute atomic E-state index is 0.107. The fourth-order valence-corrected chi connectivity index (χ4v) is 3.92. The Bertz CT molecular complexity index is 1060. The number of phenols is 1. The van der Waals surface area contributed by atoms with Gasteiger partial charge < -0.3 is 10.2 Å². The highest BCUT2D eigenvalue weighted by Crippen LogP contribution is 2.37. The van der Waals surface area contributed by atoms with Gasteiger partial charge in [-0.05, 0) is 61.1 Å². The van der Waals surface area contributed by atoms with Crippen molar-refractivity contribution in [2.45, 2.75) is 65.2 Å². The zero-order valence-electron chi connectivity index (χ0n) is 17.7. The van der Waals surface area contributed by atoms with Crippen LogP contribution in [0.15, 0.2) is 24.3 Å². The van der Waals surface area contributed by atoms with Crippen LogP contribution in [0.1, 0.15) is 69.1 Å². The largest absolute Gasteiger partial charge is 0.505 e. The third kappa shape index (κ3) is 4.43. The van der Waals surface area contributed by atoms with E-state index in [2.05, 4.69) is 17.1 Å². The van der Waals surface area contributed by atoms with Gasteiger partial charge in [-0.25, -0.2) is 0 Å². The monoisotopic (exact) mass is 429 g/mol. The number of hydrogen-bond donors (Lipinski definition) is 2. The Kier molecular flexibility index (Phi) is 6.98. The van der Waals surface area contributed by atoms with Crippen molar-refractivity contribution in [3.63, 3.8) is 0 Å². The number of aryl methyl sites for hydroxylation is 1. The Morgan fingerprint density at radius 1 is 1.13 bits per heavy atom. The lowest BCUT2D eigenvalue weighted by atomic mass is 9.88. The van der Waals surface area contributed by atoms with Crippen LogP contribution in [0.5, 0.6) is 5.75 Å². The van der Waals surface area contributed by atoms with Crippen molar-refractivity contribution in [1.82, 2.24) is 15.0 Å². The molecule has 30 heavy (non-hydrogen) atoms. The molecular formula is C23H28ClN3O3. The number of rotatable bonds is 9. The lowest BCUT2D eigenvalue weighted by molar-refractivity contribution is -0.138. The second-order valence-corrected chi connectivity index (χ2v) is 8.08. The summed E-state index contributed by atoms with van der Waals surface area (Å²) in [6.07, 6.45) is 5.38. The van der Waals surface area contributed by atoms with E-state index in [9.17, 15) is 15.0 Å². The van der Waals surface area contributed by atoms with Crippen molar-refractivity contribution in [3.05, 3.63) is 46.0 Å². The van der Waals surface area contributed by atoms with Crippen molar-refractivity contribution in [2.75, 3.05) is 0 Å². The van der Waals surface area contributed by atoms with Crippen molar-refractivity contribution in [3.8, 4) is 11.4 Å². The Morgan fingerprint density at radius 2 is 1.87 bits per heavy atom. The number of phenolic OH excluding ortho intramolecular Hbond substituents is 1. The van der Waals surface area contributed by atoms with Crippen LogP contribution in [0.3, 0.4) is 0 Å². The van der Waals surface area contributed by atoms with Crippen LogP contribution in [0.2, 0.25) is 5.02 Å². The molecule has 2 aromatic carbocycles. The number of carboxylic acid groups (broad SMARTS) is 1. The van der Waals surface area contributed by atoms with E-state index in [1.165, 1.54) is 4.80 Å². The predicted molar refractivity (Wildman–Crippen MR) is 119 cm³/mol. The van der Waals surface area contributed by atoms with Crippen LogP contribution in [0, 0.1) is 0 Å². The third-order valence-electron chi connectivity index (χ3n) is 5.53. The molecule has 3 aromatic rings. The molecule has 0 spiro atoms. The highest BCUT2D eigenvalue weighted by atomic mass is 35.5. The van der Waals surface area contributed by atoms with Gasteiger partial charge in [0, 0.05) is 5.02 Å². The molecule has 160 valence electrons. The molecule has 0 aliphatic carbocycles. The number of hydrogen-bond acceptors (Lipinski definition) is 4. The van der Waals surface area contributed by atoms with E-state index in [0.29, 0.717) is 45.7 Å². The molecule has 1 unspecified atom stereocenters. The van der Waals surface area contributed by atoms with Crippen molar-refractivity contribution < 1.29 is 15.0 Å². The Hall–Kier alpha value is -2.60. The fourth-order valence-electron chi connectivity index (χ4n) is 3.76. The van der Waals surface area contributed by atoms with Gasteiger partial charge >= 0.3 is 5.97 Å². The first-order valence-electron chi connectivity index (χ1n) is 10.5. The second-order valence-electron chi connectivity index (χ2n) is 7.65. The van der Waals surface area contributed by atoms with Gasteiger partial charge in [-0.15, -0.1) is 15.0 Å². The number of aromatic hydroxyl groups is 1. The normalized spacial score (nSPS) is 12.4. The first-order chi connectivity index (χ1) is 14.4. The fraction of sp³-hybridized carbons (Fsp3) is 0.435. The quantitative estimate of drug-likeness (QED) is 0.429. The van der Waals surface area contributed by atoms with Crippen molar-refractivity contribution in [1.29, 1.82) is 0 Å². The minimum Gasteiger partial charge on any atom is -0.505 e. The standard InChI is InChI=1S/C23H28ClN3O3/c1-4-6-7-8-9-17-18(14(3)23(29)30)12-15(5-2)22(28)21(17)27-25-19-11-10-16(24)13-20(19)26-27/h10-14,28H,4-9H2,1-3H3,(H,29,30). The van der Waals surface area contributed by atoms with E-state index in [-0.39, 0.29) is 5.75 Å². The lowest BCUT2D eigenvalue weighted by Gasteiger charge is -2.20. The SMILES string of the molecule is CCCCCCc1c(C(C)C(=O)O)cc(CC)c(O)c1-n1nc2ccc(Cl)cc2n1. The molecule has 0 saturated carbocycles. The summed E-state index contributed by atoms with van der Waals surface area (Å²) in [7, 11) is 0. The molecule has 0 aliphatic heterocycles. The first-order valence-corrected chi connectivity index (χ1v) is 10.9. The lowest BCUT2D eigenvalue weighted by Crippen LogP contribution is -2.15. The van der Waals surface area contributed by atoms with Crippen LogP contribution in [0.4, 0.5) is 0 Å². The van der Waals surface area contributed by atoms with Crippen LogP contribution in [0.25, 0.3) is 16.7 Å². The maximum Gasteiger partial charge on any atom is 0.310 e. The zero-order chi connectivity index (χ0) is 21.8. The Morgan fingerprint density at radius 3 is 2.53 bits per heavy atom. The number of unbranched alkanes of at least 4 members (excludes halogenated alkanes) is 3. The maximum absolute atomic E-state index is 11.8.